The predicted octanol–water partition coefficient (Wildman–Crippen LogP) is 4.29. The fourth-order valence-corrected chi connectivity index (χ4v) is 3.55. The molecule has 148 valence electrons. The van der Waals surface area contributed by atoms with Crippen LogP contribution in [0.3, 0.4) is 0 Å². The van der Waals surface area contributed by atoms with Crippen molar-refractivity contribution in [2.45, 2.75) is 32.7 Å². The highest BCUT2D eigenvalue weighted by molar-refractivity contribution is 14.0. The van der Waals surface area contributed by atoms with Gasteiger partial charge in [-0.05, 0) is 65.7 Å². The Hall–Kier alpha value is -0.540. The third-order valence-corrected chi connectivity index (χ3v) is 5.16. The van der Waals surface area contributed by atoms with Crippen molar-refractivity contribution in [1.82, 2.24) is 10.2 Å². The van der Waals surface area contributed by atoms with Gasteiger partial charge in [0.1, 0.15) is 5.75 Å². The van der Waals surface area contributed by atoms with Gasteiger partial charge in [0.2, 0.25) is 0 Å². The predicted molar refractivity (Wildman–Crippen MR) is 122 cm³/mol. The maximum atomic E-state index is 5.44. The van der Waals surface area contributed by atoms with Gasteiger partial charge in [-0.25, -0.2) is 4.99 Å². The number of hydrogen-bond acceptors (Lipinski definition) is 3. The summed E-state index contributed by atoms with van der Waals surface area (Å²) < 4.78 is 11.7. The van der Waals surface area contributed by atoms with Crippen LogP contribution in [0.25, 0.3) is 0 Å². The number of hydrogen-bond donors (Lipinski definition) is 1. The third-order valence-electron chi connectivity index (χ3n) is 4.54. The van der Waals surface area contributed by atoms with Crippen LogP contribution in [0.1, 0.15) is 31.7 Å². The molecule has 0 unspecified atom stereocenters. The first-order valence-electron chi connectivity index (χ1n) is 9.03. The van der Waals surface area contributed by atoms with E-state index in [-0.39, 0.29) is 24.0 Å². The van der Waals surface area contributed by atoms with E-state index in [1.165, 1.54) is 19.3 Å². The second kappa shape index (κ2) is 12.8. The van der Waals surface area contributed by atoms with E-state index in [1.807, 2.05) is 6.07 Å². The molecule has 0 saturated carbocycles. The molecule has 1 heterocycles. The van der Waals surface area contributed by atoms with Gasteiger partial charge in [0.05, 0.1) is 18.1 Å². The molecule has 1 aromatic rings. The summed E-state index contributed by atoms with van der Waals surface area (Å²) in [5, 5.41) is 3.39. The minimum absolute atomic E-state index is 0. The quantitative estimate of drug-likeness (QED) is 0.319. The lowest BCUT2D eigenvalue weighted by atomic mass is 9.96. The zero-order valence-electron chi connectivity index (χ0n) is 16.0. The Balaban J connectivity index is 0.00000338. The standard InChI is InChI=1S/C19H30BrN3O2.HI/c1-4-21-19(23(2)10-7-15-8-11-25-12-9-15)22-14-16-5-6-18(24-3)17(20)13-16;/h5-6,13,15H,4,7-12,14H2,1-3H3,(H,21,22);1H. The van der Waals surface area contributed by atoms with Crippen molar-refractivity contribution in [3.8, 4) is 5.75 Å². The lowest BCUT2D eigenvalue weighted by Crippen LogP contribution is -2.40. The van der Waals surface area contributed by atoms with Crippen LogP contribution in [-0.4, -0.2) is 51.3 Å². The van der Waals surface area contributed by atoms with Crippen LogP contribution in [-0.2, 0) is 11.3 Å². The van der Waals surface area contributed by atoms with Gasteiger partial charge in [-0.3, -0.25) is 0 Å². The average molecular weight is 540 g/mol. The maximum Gasteiger partial charge on any atom is 0.193 e. The highest BCUT2D eigenvalue weighted by Gasteiger charge is 2.15. The van der Waals surface area contributed by atoms with E-state index in [0.717, 1.165) is 54.0 Å². The zero-order chi connectivity index (χ0) is 18.1. The van der Waals surface area contributed by atoms with Crippen molar-refractivity contribution in [3.05, 3.63) is 28.2 Å². The molecule has 2 rings (SSSR count). The second-order valence-corrected chi connectivity index (χ2v) is 7.26. The zero-order valence-corrected chi connectivity index (χ0v) is 19.9. The smallest absolute Gasteiger partial charge is 0.193 e. The molecule has 0 spiro atoms. The Morgan fingerprint density at radius 2 is 2.12 bits per heavy atom. The van der Waals surface area contributed by atoms with Crippen LogP contribution >= 0.6 is 39.9 Å². The number of nitrogens with zero attached hydrogens (tertiary/aromatic N) is 2. The number of halogens is 2. The molecule has 1 aromatic carbocycles. The second-order valence-electron chi connectivity index (χ2n) is 6.41. The first-order valence-corrected chi connectivity index (χ1v) is 9.83. The lowest BCUT2D eigenvalue weighted by Gasteiger charge is -2.26. The Kier molecular flexibility index (Phi) is 11.5. The first kappa shape index (κ1) is 23.5. The van der Waals surface area contributed by atoms with E-state index in [0.29, 0.717) is 6.54 Å². The van der Waals surface area contributed by atoms with Gasteiger partial charge >= 0.3 is 0 Å². The summed E-state index contributed by atoms with van der Waals surface area (Å²) in [7, 11) is 3.79. The van der Waals surface area contributed by atoms with Crippen molar-refractivity contribution in [2.75, 3.05) is 40.5 Å². The van der Waals surface area contributed by atoms with Crippen LogP contribution in [0.5, 0.6) is 5.75 Å². The van der Waals surface area contributed by atoms with Crippen molar-refractivity contribution < 1.29 is 9.47 Å². The fraction of sp³-hybridized carbons (Fsp3) is 0.632. The third kappa shape index (κ3) is 7.60. The van der Waals surface area contributed by atoms with Crippen molar-refractivity contribution in [2.24, 2.45) is 10.9 Å². The van der Waals surface area contributed by atoms with Gasteiger partial charge in [0.25, 0.3) is 0 Å². The summed E-state index contributed by atoms with van der Waals surface area (Å²) in [4.78, 5) is 7.02. The number of ether oxygens (including phenoxy) is 2. The molecule has 5 nitrogen and oxygen atoms in total. The molecule has 0 radical (unpaired) electrons. The molecule has 1 saturated heterocycles. The Bertz CT molecular complexity index is 566. The molecule has 0 bridgehead atoms. The Morgan fingerprint density at radius 1 is 1.38 bits per heavy atom. The van der Waals surface area contributed by atoms with Gasteiger partial charge in [-0.15, -0.1) is 24.0 Å². The molecule has 0 atom stereocenters. The molecule has 1 aliphatic rings. The normalized spacial score (nSPS) is 15.3. The minimum atomic E-state index is 0. The monoisotopic (exact) mass is 539 g/mol. The lowest BCUT2D eigenvalue weighted by molar-refractivity contribution is 0.0625. The Morgan fingerprint density at radius 3 is 2.73 bits per heavy atom. The molecule has 0 aromatic heterocycles. The van der Waals surface area contributed by atoms with E-state index in [9.17, 15) is 0 Å². The molecule has 1 fully saturated rings. The molecule has 1 aliphatic heterocycles. The number of methoxy groups -OCH3 is 1. The number of aliphatic imine (C=N–C) groups is 1. The molecule has 26 heavy (non-hydrogen) atoms. The first-order chi connectivity index (χ1) is 12.1. The number of rotatable bonds is 7. The summed E-state index contributed by atoms with van der Waals surface area (Å²) in [6.45, 7) is 6.46. The van der Waals surface area contributed by atoms with Gasteiger partial charge in [-0.1, -0.05) is 6.07 Å². The van der Waals surface area contributed by atoms with Crippen LogP contribution in [0, 0.1) is 5.92 Å². The SMILES string of the molecule is CCNC(=NCc1ccc(OC)c(Br)c1)N(C)CCC1CCOCC1.I. The highest BCUT2D eigenvalue weighted by Crippen LogP contribution is 2.25. The Labute approximate surface area is 183 Å². The van der Waals surface area contributed by atoms with Crippen LogP contribution in [0.4, 0.5) is 0 Å². The molecule has 0 aliphatic carbocycles. The van der Waals surface area contributed by atoms with Crippen LogP contribution in [0.2, 0.25) is 0 Å². The molecular formula is C19H31BrIN3O2. The average Bonchev–Trinajstić information content (AvgIpc) is 2.64. The maximum absolute atomic E-state index is 5.44. The van der Waals surface area contributed by atoms with E-state index in [4.69, 9.17) is 14.5 Å². The number of guanidine groups is 1. The van der Waals surface area contributed by atoms with E-state index in [1.54, 1.807) is 7.11 Å². The summed E-state index contributed by atoms with van der Waals surface area (Å²) >= 11 is 3.53. The molecule has 0 amide bonds. The van der Waals surface area contributed by atoms with Crippen molar-refractivity contribution >= 4 is 45.9 Å². The topological polar surface area (TPSA) is 46.1 Å². The number of benzene rings is 1. The van der Waals surface area contributed by atoms with Gasteiger partial charge in [0.15, 0.2) is 5.96 Å². The van der Waals surface area contributed by atoms with Gasteiger partial charge in [0, 0.05) is 33.4 Å². The highest BCUT2D eigenvalue weighted by atomic mass is 127. The largest absolute Gasteiger partial charge is 0.496 e. The van der Waals surface area contributed by atoms with Gasteiger partial charge in [-0.2, -0.15) is 0 Å². The molecular weight excluding hydrogens is 509 g/mol. The summed E-state index contributed by atoms with van der Waals surface area (Å²) in [6, 6.07) is 6.09. The molecule has 1 N–H and O–H groups in total. The van der Waals surface area contributed by atoms with E-state index < -0.39 is 0 Å². The number of nitrogens with one attached hydrogen (secondary N) is 1. The summed E-state index contributed by atoms with van der Waals surface area (Å²) in [6.07, 6.45) is 3.56. The van der Waals surface area contributed by atoms with Crippen LogP contribution in [0.15, 0.2) is 27.7 Å². The summed E-state index contributed by atoms with van der Waals surface area (Å²) in [5.74, 6) is 2.58. The van der Waals surface area contributed by atoms with Crippen molar-refractivity contribution in [3.63, 3.8) is 0 Å². The van der Waals surface area contributed by atoms with Crippen molar-refractivity contribution in [1.29, 1.82) is 0 Å². The molecule has 7 heteroatoms. The van der Waals surface area contributed by atoms with Gasteiger partial charge < -0.3 is 19.7 Å². The summed E-state index contributed by atoms with van der Waals surface area (Å²) in [5.41, 5.74) is 1.15. The van der Waals surface area contributed by atoms with E-state index >= 15 is 0 Å². The van der Waals surface area contributed by atoms with E-state index in [2.05, 4.69) is 52.3 Å². The minimum Gasteiger partial charge on any atom is -0.496 e. The fourth-order valence-electron chi connectivity index (χ4n) is 2.96. The van der Waals surface area contributed by atoms with Crippen LogP contribution < -0.4 is 10.1 Å².